The van der Waals surface area contributed by atoms with E-state index in [1.807, 2.05) is 97.1 Å². The summed E-state index contributed by atoms with van der Waals surface area (Å²) in [5.41, 5.74) is 13.5. The number of nitriles is 2. The predicted molar refractivity (Wildman–Crippen MR) is 194 cm³/mol. The molecule has 7 aromatic rings. The van der Waals surface area contributed by atoms with E-state index in [0.717, 1.165) is 67.0 Å². The van der Waals surface area contributed by atoms with Gasteiger partial charge in [-0.2, -0.15) is 10.5 Å². The summed E-state index contributed by atoms with van der Waals surface area (Å²) in [6.07, 6.45) is 0. The normalized spacial score (nSPS) is 10.7. The Kier molecular flexibility index (Phi) is 8.15. The van der Waals surface area contributed by atoms with Gasteiger partial charge in [-0.1, -0.05) is 145 Å². The van der Waals surface area contributed by atoms with Crippen molar-refractivity contribution in [1.29, 1.82) is 10.5 Å². The summed E-state index contributed by atoms with van der Waals surface area (Å²) < 4.78 is 0. The van der Waals surface area contributed by atoms with E-state index in [9.17, 15) is 10.5 Å². The first-order valence-electron chi connectivity index (χ1n) is 15.8. The van der Waals surface area contributed by atoms with Gasteiger partial charge in [-0.25, -0.2) is 9.97 Å². The summed E-state index contributed by atoms with van der Waals surface area (Å²) in [4.78, 5) is 10.1. The van der Waals surface area contributed by atoms with Crippen LogP contribution in [0.2, 0.25) is 0 Å². The van der Waals surface area contributed by atoms with Crippen LogP contribution in [0.4, 0.5) is 0 Å². The lowest BCUT2D eigenvalue weighted by atomic mass is 9.93. The number of hydrogen-bond donors (Lipinski definition) is 0. The Labute approximate surface area is 280 Å². The van der Waals surface area contributed by atoms with Crippen LogP contribution in [0, 0.1) is 36.5 Å². The van der Waals surface area contributed by atoms with E-state index in [-0.39, 0.29) is 0 Å². The Morgan fingerprint density at radius 2 is 0.729 bits per heavy atom. The first kappa shape index (κ1) is 30.1. The zero-order chi connectivity index (χ0) is 33.0. The number of aryl methyl sites for hydroxylation is 2. The largest absolute Gasteiger partial charge is 0.246 e. The van der Waals surface area contributed by atoms with Crippen molar-refractivity contribution in [2.45, 2.75) is 13.8 Å². The van der Waals surface area contributed by atoms with Crippen LogP contribution in [-0.2, 0) is 0 Å². The third kappa shape index (κ3) is 5.87. The van der Waals surface area contributed by atoms with Gasteiger partial charge in [-0.3, -0.25) is 0 Å². The fraction of sp³-hybridized carbons (Fsp3) is 0.0455. The van der Waals surface area contributed by atoms with Crippen molar-refractivity contribution in [3.8, 4) is 79.4 Å². The molecule has 48 heavy (non-hydrogen) atoms. The molecule has 4 heteroatoms. The number of benzene rings is 5. The van der Waals surface area contributed by atoms with Gasteiger partial charge >= 0.3 is 0 Å². The van der Waals surface area contributed by atoms with Crippen molar-refractivity contribution in [1.82, 2.24) is 9.97 Å². The van der Waals surface area contributed by atoms with Gasteiger partial charge in [-0.05, 0) is 37.1 Å². The summed E-state index contributed by atoms with van der Waals surface area (Å²) in [5.74, 6) is 0. The fourth-order valence-electron chi connectivity index (χ4n) is 5.96. The molecule has 0 N–H and O–H groups in total. The molecule has 0 radical (unpaired) electrons. The van der Waals surface area contributed by atoms with Gasteiger partial charge in [0.1, 0.15) is 12.1 Å². The molecule has 0 saturated heterocycles. The highest BCUT2D eigenvalue weighted by molar-refractivity contribution is 5.86. The summed E-state index contributed by atoms with van der Waals surface area (Å²) in [7, 11) is 0. The second kappa shape index (κ2) is 13.0. The molecule has 0 fully saturated rings. The van der Waals surface area contributed by atoms with Crippen molar-refractivity contribution >= 4 is 0 Å². The third-order valence-corrected chi connectivity index (χ3v) is 8.56. The van der Waals surface area contributed by atoms with Crippen molar-refractivity contribution in [3.05, 3.63) is 168 Å². The minimum Gasteiger partial charge on any atom is -0.246 e. The molecule has 0 aliphatic carbocycles. The molecule has 0 spiro atoms. The SMILES string of the molecule is Cc1ccc(-c2cc(-c3ccc(-c4cc(-c5ccc(C)cc5)c(C#N)c(-c5ccccc5)n4)cc3)nc(-c3ccccc3)c2C#N)cc1. The van der Waals surface area contributed by atoms with Crippen molar-refractivity contribution in [3.63, 3.8) is 0 Å². The molecule has 0 amide bonds. The van der Waals surface area contributed by atoms with Crippen LogP contribution in [0.1, 0.15) is 22.3 Å². The van der Waals surface area contributed by atoms with E-state index in [0.29, 0.717) is 22.5 Å². The van der Waals surface area contributed by atoms with Crippen molar-refractivity contribution < 1.29 is 0 Å². The van der Waals surface area contributed by atoms with Gasteiger partial charge in [0.25, 0.3) is 0 Å². The number of rotatable bonds is 6. The molecule has 7 rings (SSSR count). The highest BCUT2D eigenvalue weighted by atomic mass is 14.7. The highest BCUT2D eigenvalue weighted by Crippen LogP contribution is 2.37. The van der Waals surface area contributed by atoms with Gasteiger partial charge in [0.15, 0.2) is 0 Å². The maximum Gasteiger partial charge on any atom is 0.102 e. The van der Waals surface area contributed by atoms with E-state index >= 15 is 0 Å². The van der Waals surface area contributed by atoms with Crippen LogP contribution in [0.3, 0.4) is 0 Å². The summed E-state index contributed by atoms with van der Waals surface area (Å²) >= 11 is 0. The Morgan fingerprint density at radius 1 is 0.396 bits per heavy atom. The molecule has 0 aliphatic heterocycles. The predicted octanol–water partition coefficient (Wildman–Crippen LogP) is 10.8. The van der Waals surface area contributed by atoms with Crippen LogP contribution in [0.25, 0.3) is 67.3 Å². The third-order valence-electron chi connectivity index (χ3n) is 8.56. The zero-order valence-corrected chi connectivity index (χ0v) is 26.6. The molecule has 0 bridgehead atoms. The number of hydrogen-bond acceptors (Lipinski definition) is 4. The van der Waals surface area contributed by atoms with Gasteiger partial charge in [0.05, 0.1) is 33.9 Å². The van der Waals surface area contributed by atoms with Crippen molar-refractivity contribution in [2.75, 3.05) is 0 Å². The maximum atomic E-state index is 10.3. The molecule has 2 aromatic heterocycles. The molecule has 4 nitrogen and oxygen atoms in total. The highest BCUT2D eigenvalue weighted by Gasteiger charge is 2.19. The standard InChI is InChI=1S/C44H30N4/c1-29-13-17-31(18-14-29)37-25-41(47-43(39(37)27-45)35-9-5-3-6-10-35)33-21-23-34(24-22-33)42-26-38(32-19-15-30(2)16-20-32)40(28-46)44(48-42)36-11-7-4-8-12-36/h3-26H,1-2H3. The Bertz CT molecular complexity index is 2160. The van der Waals surface area contributed by atoms with E-state index in [2.05, 4.69) is 74.5 Å². The lowest BCUT2D eigenvalue weighted by Gasteiger charge is -2.15. The number of pyridine rings is 2. The van der Waals surface area contributed by atoms with Gasteiger partial charge < -0.3 is 0 Å². The summed E-state index contributed by atoms with van der Waals surface area (Å²) in [6, 6.07) is 53.3. The number of aromatic nitrogens is 2. The smallest absolute Gasteiger partial charge is 0.102 e. The molecular weight excluding hydrogens is 585 g/mol. The van der Waals surface area contributed by atoms with Crippen LogP contribution in [-0.4, -0.2) is 9.97 Å². The lowest BCUT2D eigenvalue weighted by Crippen LogP contribution is -1.98. The topological polar surface area (TPSA) is 73.4 Å². The average molecular weight is 615 g/mol. The zero-order valence-electron chi connectivity index (χ0n) is 26.6. The first-order valence-corrected chi connectivity index (χ1v) is 15.8. The molecule has 5 aromatic carbocycles. The van der Waals surface area contributed by atoms with Gasteiger partial charge in [0, 0.05) is 33.4 Å². The minimum absolute atomic E-state index is 0.546. The van der Waals surface area contributed by atoms with Gasteiger partial charge in [0.2, 0.25) is 0 Å². The van der Waals surface area contributed by atoms with Crippen LogP contribution < -0.4 is 0 Å². The van der Waals surface area contributed by atoms with E-state index in [4.69, 9.17) is 9.97 Å². The molecule has 0 unspecified atom stereocenters. The molecule has 0 aliphatic rings. The maximum absolute atomic E-state index is 10.3. The Morgan fingerprint density at radius 3 is 1.06 bits per heavy atom. The summed E-state index contributed by atoms with van der Waals surface area (Å²) in [5, 5.41) is 20.7. The molecule has 2 heterocycles. The number of nitrogens with zero attached hydrogens (tertiary/aromatic N) is 4. The second-order valence-corrected chi connectivity index (χ2v) is 11.8. The quantitative estimate of drug-likeness (QED) is 0.187. The monoisotopic (exact) mass is 614 g/mol. The second-order valence-electron chi connectivity index (χ2n) is 11.8. The van der Waals surface area contributed by atoms with Crippen LogP contribution >= 0.6 is 0 Å². The van der Waals surface area contributed by atoms with E-state index in [1.165, 1.54) is 0 Å². The lowest BCUT2D eigenvalue weighted by molar-refractivity contribution is 1.29. The van der Waals surface area contributed by atoms with E-state index < -0.39 is 0 Å². The Hall–Kier alpha value is -6.62. The van der Waals surface area contributed by atoms with Crippen molar-refractivity contribution in [2.24, 2.45) is 0 Å². The minimum atomic E-state index is 0.546. The molecule has 0 atom stereocenters. The first-order chi connectivity index (χ1) is 23.5. The average Bonchev–Trinajstić information content (AvgIpc) is 3.15. The van der Waals surface area contributed by atoms with Crippen LogP contribution in [0.15, 0.2) is 146 Å². The molecule has 226 valence electrons. The van der Waals surface area contributed by atoms with Crippen LogP contribution in [0.5, 0.6) is 0 Å². The summed E-state index contributed by atoms with van der Waals surface area (Å²) in [6.45, 7) is 4.11. The molecular formula is C44H30N4. The Balaban J connectivity index is 1.37. The van der Waals surface area contributed by atoms with E-state index in [1.54, 1.807) is 0 Å². The molecule has 0 saturated carbocycles. The van der Waals surface area contributed by atoms with Gasteiger partial charge in [-0.15, -0.1) is 0 Å². The fourth-order valence-corrected chi connectivity index (χ4v) is 5.96.